The second-order valence-corrected chi connectivity index (χ2v) is 6.80. The summed E-state index contributed by atoms with van der Waals surface area (Å²) in [4.78, 5) is 42.0. The van der Waals surface area contributed by atoms with Gasteiger partial charge in [0.2, 0.25) is 5.91 Å². The number of hydrogen-bond acceptors (Lipinski definition) is 6. The van der Waals surface area contributed by atoms with Crippen molar-refractivity contribution in [3.8, 4) is 11.5 Å². The van der Waals surface area contributed by atoms with Crippen LogP contribution in [0.2, 0.25) is 5.02 Å². The summed E-state index contributed by atoms with van der Waals surface area (Å²) in [6.07, 6.45) is -0.0233. The molecule has 3 aromatic rings. The first-order chi connectivity index (χ1) is 14.0. The largest absolute Gasteiger partial charge is 0.349 e. The van der Waals surface area contributed by atoms with Gasteiger partial charge in [0, 0.05) is 23.6 Å². The molecule has 1 aliphatic rings. The summed E-state index contributed by atoms with van der Waals surface area (Å²) in [6, 6.07) is 13.6. The Morgan fingerprint density at radius 2 is 1.79 bits per heavy atom. The molecule has 0 saturated heterocycles. The van der Waals surface area contributed by atoms with Gasteiger partial charge in [-0.2, -0.15) is 4.98 Å². The molecule has 0 radical (unpaired) electrons. The predicted octanol–water partition coefficient (Wildman–Crippen LogP) is 2.69. The fourth-order valence-electron chi connectivity index (χ4n) is 2.99. The second-order valence-electron chi connectivity index (χ2n) is 6.36. The molecule has 1 aliphatic heterocycles. The molecule has 0 aliphatic carbocycles. The minimum Gasteiger partial charge on any atom is -0.349 e. The standard InChI is InChI=1S/C20H15ClN4O4/c21-13-5-3-4-12(10-13)18-23-16(24-29-18)11-22-17(26)8-9-25-19(27)14-6-1-2-7-15(14)20(25)28/h1-7,10H,8-9,11H2,(H,22,26). The normalized spacial score (nSPS) is 12.9. The molecular formula is C20H15ClN4O4. The number of halogens is 1. The Bertz CT molecular complexity index is 1080. The highest BCUT2D eigenvalue weighted by Gasteiger charge is 2.34. The lowest BCUT2D eigenvalue weighted by Crippen LogP contribution is -2.34. The monoisotopic (exact) mass is 410 g/mol. The van der Waals surface area contributed by atoms with E-state index in [2.05, 4.69) is 15.5 Å². The van der Waals surface area contributed by atoms with Gasteiger partial charge >= 0.3 is 0 Å². The molecule has 8 nitrogen and oxygen atoms in total. The molecule has 2 aromatic carbocycles. The zero-order chi connectivity index (χ0) is 20.4. The van der Waals surface area contributed by atoms with E-state index in [9.17, 15) is 14.4 Å². The van der Waals surface area contributed by atoms with Crippen LogP contribution in [-0.2, 0) is 11.3 Å². The van der Waals surface area contributed by atoms with E-state index in [0.29, 0.717) is 33.4 Å². The number of hydrogen-bond donors (Lipinski definition) is 1. The molecule has 0 saturated carbocycles. The van der Waals surface area contributed by atoms with E-state index >= 15 is 0 Å². The minimum absolute atomic E-state index is 0.00180. The molecule has 0 unspecified atom stereocenters. The fourth-order valence-corrected chi connectivity index (χ4v) is 3.18. The van der Waals surface area contributed by atoms with Crippen LogP contribution < -0.4 is 5.32 Å². The number of aromatic nitrogens is 2. The van der Waals surface area contributed by atoms with Gasteiger partial charge in [0.1, 0.15) is 0 Å². The number of carbonyl (C=O) groups is 3. The van der Waals surface area contributed by atoms with Gasteiger partial charge in [-0.1, -0.05) is 35.0 Å². The summed E-state index contributed by atoms with van der Waals surface area (Å²) in [5.74, 6) is -0.516. The van der Waals surface area contributed by atoms with Crippen LogP contribution in [0.5, 0.6) is 0 Å². The summed E-state index contributed by atoms with van der Waals surface area (Å²) in [5.41, 5.74) is 1.39. The molecule has 1 aromatic heterocycles. The van der Waals surface area contributed by atoms with E-state index in [1.165, 1.54) is 0 Å². The maximum atomic E-state index is 12.3. The van der Waals surface area contributed by atoms with E-state index in [-0.39, 0.29) is 37.2 Å². The average Bonchev–Trinajstić information content (AvgIpc) is 3.29. The number of rotatable bonds is 6. The molecule has 0 fully saturated rings. The molecule has 146 valence electrons. The zero-order valence-electron chi connectivity index (χ0n) is 15.1. The Morgan fingerprint density at radius 3 is 2.48 bits per heavy atom. The quantitative estimate of drug-likeness (QED) is 0.626. The first-order valence-corrected chi connectivity index (χ1v) is 9.21. The van der Waals surface area contributed by atoms with E-state index in [1.807, 2.05) is 0 Å². The van der Waals surface area contributed by atoms with Crippen molar-refractivity contribution in [2.45, 2.75) is 13.0 Å². The minimum atomic E-state index is -0.386. The Hall–Kier alpha value is -3.52. The van der Waals surface area contributed by atoms with Crippen molar-refractivity contribution in [2.24, 2.45) is 0 Å². The molecule has 29 heavy (non-hydrogen) atoms. The Morgan fingerprint density at radius 1 is 1.07 bits per heavy atom. The smallest absolute Gasteiger partial charge is 0.261 e. The summed E-state index contributed by atoms with van der Waals surface area (Å²) < 4.78 is 5.17. The van der Waals surface area contributed by atoms with E-state index in [0.717, 1.165) is 4.90 Å². The van der Waals surface area contributed by atoms with Gasteiger partial charge in [0.25, 0.3) is 17.7 Å². The highest BCUT2D eigenvalue weighted by molar-refractivity contribution is 6.30. The van der Waals surface area contributed by atoms with Gasteiger partial charge in [-0.3, -0.25) is 19.3 Å². The second kappa shape index (κ2) is 7.84. The SMILES string of the molecule is O=C(CCN1C(=O)c2ccccc2C1=O)NCc1noc(-c2cccc(Cl)c2)n1. The molecule has 1 N–H and O–H groups in total. The van der Waals surface area contributed by atoms with Crippen LogP contribution in [0.3, 0.4) is 0 Å². The fraction of sp³-hybridized carbons (Fsp3) is 0.150. The Kier molecular flexibility index (Phi) is 5.09. The first-order valence-electron chi connectivity index (χ1n) is 8.83. The van der Waals surface area contributed by atoms with Gasteiger partial charge in [-0.25, -0.2) is 0 Å². The Labute approximate surface area is 170 Å². The molecule has 0 spiro atoms. The van der Waals surface area contributed by atoms with Gasteiger partial charge in [0.05, 0.1) is 17.7 Å². The lowest BCUT2D eigenvalue weighted by atomic mass is 10.1. The van der Waals surface area contributed by atoms with Gasteiger partial charge in [-0.05, 0) is 30.3 Å². The van der Waals surface area contributed by atoms with E-state index in [1.54, 1.807) is 48.5 Å². The molecule has 0 atom stereocenters. The van der Waals surface area contributed by atoms with Crippen molar-refractivity contribution >= 4 is 29.3 Å². The van der Waals surface area contributed by atoms with E-state index in [4.69, 9.17) is 16.1 Å². The maximum absolute atomic E-state index is 12.3. The third-order valence-corrected chi connectivity index (χ3v) is 4.66. The van der Waals surface area contributed by atoms with Crippen LogP contribution in [0.1, 0.15) is 33.0 Å². The topological polar surface area (TPSA) is 105 Å². The van der Waals surface area contributed by atoms with Gasteiger partial charge in [0.15, 0.2) is 5.82 Å². The molecule has 0 bridgehead atoms. The van der Waals surface area contributed by atoms with Crippen molar-refractivity contribution in [2.75, 3.05) is 6.54 Å². The summed E-state index contributed by atoms with van der Waals surface area (Å²) in [6.45, 7) is 0.0587. The number of imide groups is 1. The van der Waals surface area contributed by atoms with E-state index < -0.39 is 0 Å². The number of amides is 3. The molecule has 2 heterocycles. The Balaban J connectivity index is 1.30. The van der Waals surface area contributed by atoms with Crippen molar-refractivity contribution in [3.05, 3.63) is 70.5 Å². The number of nitrogens with zero attached hydrogens (tertiary/aromatic N) is 3. The number of fused-ring (bicyclic) bond motifs is 1. The van der Waals surface area contributed by atoms with Crippen LogP contribution in [0.4, 0.5) is 0 Å². The van der Waals surface area contributed by atoms with Crippen LogP contribution >= 0.6 is 11.6 Å². The summed E-state index contributed by atoms with van der Waals surface area (Å²) >= 11 is 5.94. The third-order valence-electron chi connectivity index (χ3n) is 4.42. The van der Waals surface area contributed by atoms with Crippen molar-refractivity contribution in [3.63, 3.8) is 0 Å². The van der Waals surface area contributed by atoms with Crippen LogP contribution in [0.15, 0.2) is 53.1 Å². The third kappa shape index (κ3) is 3.88. The van der Waals surface area contributed by atoms with Crippen LogP contribution in [0, 0.1) is 0 Å². The van der Waals surface area contributed by atoms with Crippen molar-refractivity contribution in [1.29, 1.82) is 0 Å². The lowest BCUT2D eigenvalue weighted by Gasteiger charge is -2.13. The molecular weight excluding hydrogens is 396 g/mol. The lowest BCUT2D eigenvalue weighted by molar-refractivity contribution is -0.121. The number of benzene rings is 2. The van der Waals surface area contributed by atoms with Crippen molar-refractivity contribution < 1.29 is 18.9 Å². The van der Waals surface area contributed by atoms with Crippen molar-refractivity contribution in [1.82, 2.24) is 20.4 Å². The highest BCUT2D eigenvalue weighted by atomic mass is 35.5. The van der Waals surface area contributed by atoms with Gasteiger partial charge < -0.3 is 9.84 Å². The van der Waals surface area contributed by atoms with Gasteiger partial charge in [-0.15, -0.1) is 0 Å². The number of carbonyl (C=O) groups excluding carboxylic acids is 3. The number of nitrogens with one attached hydrogen (secondary N) is 1. The molecule has 9 heteroatoms. The van der Waals surface area contributed by atoms with Crippen LogP contribution in [0.25, 0.3) is 11.5 Å². The summed E-state index contributed by atoms with van der Waals surface area (Å²) in [7, 11) is 0. The highest BCUT2D eigenvalue weighted by Crippen LogP contribution is 2.23. The average molecular weight is 411 g/mol. The maximum Gasteiger partial charge on any atom is 0.261 e. The zero-order valence-corrected chi connectivity index (χ0v) is 15.8. The first kappa shape index (κ1) is 18.8. The predicted molar refractivity (Wildman–Crippen MR) is 103 cm³/mol. The summed E-state index contributed by atoms with van der Waals surface area (Å²) in [5, 5.41) is 7.02. The molecule has 3 amide bonds. The van der Waals surface area contributed by atoms with Crippen LogP contribution in [-0.4, -0.2) is 39.3 Å². The molecule has 4 rings (SSSR count).